The lowest BCUT2D eigenvalue weighted by Gasteiger charge is -2.06. The van der Waals surface area contributed by atoms with E-state index in [1.807, 2.05) is 6.92 Å². The normalized spacial score (nSPS) is 10.1. The fourth-order valence-electron chi connectivity index (χ4n) is 1.30. The maximum atomic E-state index is 11.7. The van der Waals surface area contributed by atoms with Crippen LogP contribution in [0.4, 0.5) is 0 Å². The molecule has 18 heavy (non-hydrogen) atoms. The van der Waals surface area contributed by atoms with Gasteiger partial charge in [-0.05, 0) is 18.6 Å². The smallest absolute Gasteiger partial charge is 0.275 e. The van der Waals surface area contributed by atoms with Crippen molar-refractivity contribution in [2.75, 3.05) is 6.61 Å². The van der Waals surface area contributed by atoms with E-state index in [9.17, 15) is 9.59 Å². The van der Waals surface area contributed by atoms with Crippen molar-refractivity contribution in [2.45, 2.75) is 19.8 Å². The zero-order chi connectivity index (χ0) is 13.5. The molecule has 2 amide bonds. The van der Waals surface area contributed by atoms with E-state index < -0.39 is 11.8 Å². The summed E-state index contributed by atoms with van der Waals surface area (Å²) in [6, 6.07) is 3.04. The van der Waals surface area contributed by atoms with Gasteiger partial charge in [0.2, 0.25) is 5.91 Å². The van der Waals surface area contributed by atoms with Crippen molar-refractivity contribution in [3.63, 3.8) is 0 Å². The molecule has 0 saturated heterocycles. The van der Waals surface area contributed by atoms with E-state index >= 15 is 0 Å². The number of carbonyl (C=O) groups excluding carboxylic acids is 2. The molecule has 0 unspecified atom stereocenters. The fourth-order valence-corrected chi connectivity index (χ4v) is 1.52. The summed E-state index contributed by atoms with van der Waals surface area (Å²) in [5.74, 6) is -1.17. The summed E-state index contributed by atoms with van der Waals surface area (Å²) in [4.78, 5) is 30.8. The minimum Gasteiger partial charge on any atom is -0.368 e. The van der Waals surface area contributed by atoms with Crippen molar-refractivity contribution in [3.05, 3.63) is 28.5 Å². The van der Waals surface area contributed by atoms with Gasteiger partial charge in [-0.3, -0.25) is 14.4 Å². The second kappa shape index (κ2) is 6.93. The zero-order valence-electron chi connectivity index (χ0n) is 9.90. The monoisotopic (exact) mass is 271 g/mol. The van der Waals surface area contributed by atoms with Crippen LogP contribution in [0.25, 0.3) is 0 Å². The third-order valence-corrected chi connectivity index (χ3v) is 2.19. The Balaban J connectivity index is 2.69. The molecule has 0 radical (unpaired) electrons. The van der Waals surface area contributed by atoms with Gasteiger partial charge in [-0.1, -0.05) is 24.9 Å². The van der Waals surface area contributed by atoms with Gasteiger partial charge in [0, 0.05) is 11.3 Å². The van der Waals surface area contributed by atoms with Crippen molar-refractivity contribution in [3.8, 4) is 0 Å². The Morgan fingerprint density at radius 2 is 2.22 bits per heavy atom. The number of nitrogens with zero attached hydrogens (tertiary/aromatic N) is 1. The van der Waals surface area contributed by atoms with Crippen molar-refractivity contribution >= 4 is 23.4 Å². The van der Waals surface area contributed by atoms with Crippen molar-refractivity contribution in [1.29, 1.82) is 0 Å². The summed E-state index contributed by atoms with van der Waals surface area (Å²) < 4.78 is 0. The highest BCUT2D eigenvalue weighted by Gasteiger charge is 2.09. The first-order valence-corrected chi connectivity index (χ1v) is 5.77. The number of carbonyl (C=O) groups is 2. The molecule has 0 spiro atoms. The molecule has 1 heterocycles. The van der Waals surface area contributed by atoms with Crippen molar-refractivity contribution in [1.82, 2.24) is 10.5 Å². The summed E-state index contributed by atoms with van der Waals surface area (Å²) in [6.45, 7) is 1.62. The number of hydrogen-bond acceptors (Lipinski definition) is 4. The van der Waals surface area contributed by atoms with Gasteiger partial charge in [-0.25, -0.2) is 10.5 Å². The summed E-state index contributed by atoms with van der Waals surface area (Å²) in [5.41, 5.74) is 8.01. The van der Waals surface area contributed by atoms with E-state index in [0.29, 0.717) is 5.56 Å². The largest absolute Gasteiger partial charge is 0.368 e. The molecule has 1 rings (SSSR count). The predicted octanol–water partition coefficient (Wildman–Crippen LogP) is 0.834. The molecule has 0 saturated carbocycles. The molecule has 3 N–H and O–H groups in total. The molecule has 7 heteroatoms. The lowest BCUT2D eigenvalue weighted by Crippen LogP contribution is -2.29. The average Bonchev–Trinajstić information content (AvgIpc) is 2.28. The van der Waals surface area contributed by atoms with Gasteiger partial charge in [-0.2, -0.15) is 0 Å². The Morgan fingerprint density at radius 3 is 2.83 bits per heavy atom. The van der Waals surface area contributed by atoms with Crippen LogP contribution >= 0.6 is 11.6 Å². The zero-order valence-corrected chi connectivity index (χ0v) is 10.7. The Kier molecular flexibility index (Phi) is 5.54. The number of pyridine rings is 1. The van der Waals surface area contributed by atoms with E-state index in [-0.39, 0.29) is 11.8 Å². The SMILES string of the molecule is CCCc1cc(C(=O)NOCC(N)=O)cc(Cl)n1. The number of amides is 2. The van der Waals surface area contributed by atoms with E-state index in [2.05, 4.69) is 15.3 Å². The van der Waals surface area contributed by atoms with Crippen LogP contribution in [-0.2, 0) is 16.1 Å². The van der Waals surface area contributed by atoms with E-state index in [4.69, 9.17) is 17.3 Å². The number of rotatable bonds is 6. The van der Waals surface area contributed by atoms with Crippen LogP contribution in [0.1, 0.15) is 29.4 Å². The number of aryl methyl sites for hydroxylation is 1. The highest BCUT2D eigenvalue weighted by atomic mass is 35.5. The Morgan fingerprint density at radius 1 is 1.50 bits per heavy atom. The maximum Gasteiger partial charge on any atom is 0.275 e. The summed E-state index contributed by atoms with van der Waals surface area (Å²) >= 11 is 5.81. The summed E-state index contributed by atoms with van der Waals surface area (Å²) in [7, 11) is 0. The Bertz CT molecular complexity index is 451. The lowest BCUT2D eigenvalue weighted by molar-refractivity contribution is -0.124. The summed E-state index contributed by atoms with van der Waals surface area (Å²) in [5, 5.41) is 0.237. The molecule has 0 aliphatic carbocycles. The molecular weight excluding hydrogens is 258 g/mol. The van der Waals surface area contributed by atoms with Gasteiger partial charge in [0.15, 0.2) is 6.61 Å². The van der Waals surface area contributed by atoms with Crippen LogP contribution in [0.2, 0.25) is 5.15 Å². The third-order valence-electron chi connectivity index (χ3n) is 1.99. The van der Waals surface area contributed by atoms with Gasteiger partial charge >= 0.3 is 0 Å². The van der Waals surface area contributed by atoms with Crippen LogP contribution in [0.3, 0.4) is 0 Å². The maximum absolute atomic E-state index is 11.7. The Labute approximate surface area is 109 Å². The summed E-state index contributed by atoms with van der Waals surface area (Å²) in [6.07, 6.45) is 1.62. The van der Waals surface area contributed by atoms with Gasteiger partial charge in [0.25, 0.3) is 5.91 Å². The molecule has 98 valence electrons. The van der Waals surface area contributed by atoms with Crippen LogP contribution < -0.4 is 11.2 Å². The van der Waals surface area contributed by atoms with Gasteiger partial charge in [0.05, 0.1) is 0 Å². The first-order chi connectivity index (χ1) is 8.52. The topological polar surface area (TPSA) is 94.3 Å². The van der Waals surface area contributed by atoms with Crippen molar-refractivity contribution < 1.29 is 14.4 Å². The number of nitrogens with one attached hydrogen (secondary N) is 1. The number of hydroxylamine groups is 1. The first kappa shape index (κ1) is 14.4. The van der Waals surface area contributed by atoms with Crippen LogP contribution in [-0.4, -0.2) is 23.4 Å². The minimum atomic E-state index is -0.672. The van der Waals surface area contributed by atoms with Crippen LogP contribution in [0, 0.1) is 0 Å². The average molecular weight is 272 g/mol. The van der Waals surface area contributed by atoms with Crippen molar-refractivity contribution in [2.24, 2.45) is 5.73 Å². The van der Waals surface area contributed by atoms with E-state index in [1.54, 1.807) is 6.07 Å². The molecule has 1 aromatic heterocycles. The molecule has 0 aromatic carbocycles. The second-order valence-electron chi connectivity index (χ2n) is 3.61. The quantitative estimate of drug-likeness (QED) is 0.592. The van der Waals surface area contributed by atoms with E-state index in [0.717, 1.165) is 18.5 Å². The molecule has 6 nitrogen and oxygen atoms in total. The van der Waals surface area contributed by atoms with Gasteiger partial charge in [-0.15, -0.1) is 0 Å². The minimum absolute atomic E-state index is 0.237. The van der Waals surface area contributed by atoms with Gasteiger partial charge < -0.3 is 5.73 Å². The number of primary amides is 1. The lowest BCUT2D eigenvalue weighted by atomic mass is 10.1. The third kappa shape index (κ3) is 4.68. The highest BCUT2D eigenvalue weighted by Crippen LogP contribution is 2.12. The molecule has 0 fully saturated rings. The molecule has 0 aliphatic heterocycles. The highest BCUT2D eigenvalue weighted by molar-refractivity contribution is 6.29. The van der Waals surface area contributed by atoms with Crippen LogP contribution in [0.5, 0.6) is 0 Å². The predicted molar refractivity (Wildman–Crippen MR) is 65.9 cm³/mol. The van der Waals surface area contributed by atoms with Crippen LogP contribution in [0.15, 0.2) is 12.1 Å². The number of nitrogens with two attached hydrogens (primary N) is 1. The molecule has 0 aliphatic rings. The fraction of sp³-hybridized carbons (Fsp3) is 0.364. The van der Waals surface area contributed by atoms with Gasteiger partial charge in [0.1, 0.15) is 5.15 Å². The Hall–Kier alpha value is -1.66. The molecule has 1 aromatic rings. The second-order valence-corrected chi connectivity index (χ2v) is 3.99. The molecule has 0 atom stereocenters. The van der Waals surface area contributed by atoms with E-state index in [1.165, 1.54) is 6.07 Å². The molecule has 0 bridgehead atoms. The first-order valence-electron chi connectivity index (χ1n) is 5.39. The number of halogens is 1. The number of aromatic nitrogens is 1. The molecular formula is C11H14ClN3O3. The number of hydrogen-bond donors (Lipinski definition) is 2. The standard InChI is InChI=1S/C11H14ClN3O3/c1-2-3-8-4-7(5-9(12)14-8)11(17)15-18-6-10(13)16/h4-5H,2-3,6H2,1H3,(H2,13,16)(H,15,17).